The zero-order valence-electron chi connectivity index (χ0n) is 15.5. The summed E-state index contributed by atoms with van der Waals surface area (Å²) in [5, 5.41) is 18.2. The molecule has 2 aliphatic carbocycles. The van der Waals surface area contributed by atoms with Gasteiger partial charge in [0, 0.05) is 18.1 Å². The van der Waals surface area contributed by atoms with E-state index in [0.29, 0.717) is 18.8 Å². The van der Waals surface area contributed by atoms with Crippen LogP contribution in [-0.2, 0) is 14.4 Å². The molecule has 0 amide bonds. The van der Waals surface area contributed by atoms with Gasteiger partial charge in [-0.1, -0.05) is 26.3 Å². The first-order valence-electron chi connectivity index (χ1n) is 8.89. The van der Waals surface area contributed by atoms with Gasteiger partial charge in [0.2, 0.25) is 0 Å². The summed E-state index contributed by atoms with van der Waals surface area (Å²) in [6.07, 6.45) is 5.86. The van der Waals surface area contributed by atoms with Crippen LogP contribution in [0, 0.1) is 22.7 Å². The van der Waals surface area contributed by atoms with Crippen molar-refractivity contribution in [2.24, 2.45) is 22.7 Å². The van der Waals surface area contributed by atoms with Crippen LogP contribution in [0.5, 0.6) is 0 Å². The zero-order chi connectivity index (χ0) is 19.0. The van der Waals surface area contributed by atoms with E-state index in [4.69, 9.17) is 5.11 Å². The molecule has 25 heavy (non-hydrogen) atoms. The first-order valence-corrected chi connectivity index (χ1v) is 8.89. The second-order valence-electron chi connectivity index (χ2n) is 8.23. The van der Waals surface area contributed by atoms with Crippen LogP contribution in [0.15, 0.2) is 23.3 Å². The van der Waals surface area contributed by atoms with E-state index in [9.17, 15) is 19.5 Å². The fraction of sp³-hybridized carbons (Fsp3) is 0.650. The largest absolute Gasteiger partial charge is 0.478 e. The number of hydrogen-bond donors (Lipinski definition) is 2. The molecule has 138 valence electrons. The third-order valence-corrected chi connectivity index (χ3v) is 6.98. The quantitative estimate of drug-likeness (QED) is 0.737. The van der Waals surface area contributed by atoms with E-state index < -0.39 is 11.9 Å². The summed E-state index contributed by atoms with van der Waals surface area (Å²) in [4.78, 5) is 34.4. The number of ketones is 1. The van der Waals surface area contributed by atoms with E-state index in [1.54, 1.807) is 6.08 Å². The van der Waals surface area contributed by atoms with Crippen LogP contribution in [0.25, 0.3) is 0 Å². The Morgan fingerprint density at radius 3 is 2.52 bits per heavy atom. The van der Waals surface area contributed by atoms with Crippen LogP contribution in [0.4, 0.5) is 0 Å². The van der Waals surface area contributed by atoms with Gasteiger partial charge < -0.3 is 10.2 Å². The summed E-state index contributed by atoms with van der Waals surface area (Å²) in [6, 6.07) is 0. The maximum Gasteiger partial charge on any atom is 0.331 e. The number of fused-ring (bicyclic) bond motifs is 1. The van der Waals surface area contributed by atoms with Crippen molar-refractivity contribution in [3.63, 3.8) is 0 Å². The van der Waals surface area contributed by atoms with Crippen LogP contribution in [0.1, 0.15) is 59.8 Å². The number of carboxylic acid groups (broad SMARTS) is 2. The Kier molecular flexibility index (Phi) is 5.26. The number of rotatable bonds is 5. The lowest BCUT2D eigenvalue weighted by molar-refractivity contribution is -0.135. The minimum atomic E-state index is -1.24. The third-order valence-electron chi connectivity index (χ3n) is 6.98. The average molecular weight is 348 g/mol. The molecule has 0 unspecified atom stereocenters. The Labute approximate surface area is 148 Å². The van der Waals surface area contributed by atoms with Crippen LogP contribution in [-0.4, -0.2) is 27.9 Å². The maximum atomic E-state index is 12.2. The monoisotopic (exact) mass is 348 g/mol. The van der Waals surface area contributed by atoms with Crippen molar-refractivity contribution in [1.82, 2.24) is 0 Å². The van der Waals surface area contributed by atoms with Crippen LogP contribution < -0.4 is 0 Å². The fourth-order valence-electron chi connectivity index (χ4n) is 4.90. The van der Waals surface area contributed by atoms with Crippen LogP contribution in [0.3, 0.4) is 0 Å². The fourth-order valence-corrected chi connectivity index (χ4v) is 4.90. The molecule has 5 heteroatoms. The van der Waals surface area contributed by atoms with Crippen molar-refractivity contribution in [2.45, 2.75) is 59.8 Å². The molecule has 0 aromatic heterocycles. The summed E-state index contributed by atoms with van der Waals surface area (Å²) < 4.78 is 0. The molecule has 0 aromatic carbocycles. The summed E-state index contributed by atoms with van der Waals surface area (Å²) in [7, 11) is 0. The Morgan fingerprint density at radius 2 is 1.96 bits per heavy atom. The maximum absolute atomic E-state index is 12.2. The molecule has 2 rings (SSSR count). The molecule has 0 radical (unpaired) electrons. The minimum absolute atomic E-state index is 0.0466. The van der Waals surface area contributed by atoms with Crippen molar-refractivity contribution < 1.29 is 24.6 Å². The second-order valence-corrected chi connectivity index (χ2v) is 8.23. The van der Waals surface area contributed by atoms with Gasteiger partial charge in [0.1, 0.15) is 0 Å². The smallest absolute Gasteiger partial charge is 0.331 e. The molecule has 0 saturated heterocycles. The number of carboxylic acids is 2. The van der Waals surface area contributed by atoms with Crippen molar-refractivity contribution in [3.05, 3.63) is 23.3 Å². The first kappa shape index (κ1) is 19.4. The summed E-state index contributed by atoms with van der Waals surface area (Å²) in [6.45, 7) is 8.55. The van der Waals surface area contributed by atoms with E-state index in [2.05, 4.69) is 20.8 Å². The highest BCUT2D eigenvalue weighted by Crippen LogP contribution is 2.61. The molecular weight excluding hydrogens is 320 g/mol. The molecule has 2 N–H and O–H groups in total. The van der Waals surface area contributed by atoms with Gasteiger partial charge in [-0.3, -0.25) is 4.79 Å². The second kappa shape index (κ2) is 6.77. The summed E-state index contributed by atoms with van der Waals surface area (Å²) >= 11 is 0. The SMILES string of the molecule is CC1=CC(=O)C[C@@H]2[C@@](C)(CC/C(=C\C(=O)O)C(=O)O)[C@H](C)CC[C@@]12C. The standard InChI is InChI=1S/C20H28O5/c1-12-5-7-20(4)13(2)9-15(21)11-16(20)19(12,3)8-6-14(18(24)25)10-17(22)23/h9-10,12,16H,5-8,11H2,1-4H3,(H,22,23)(H,24,25)/b14-10+/t12-,16-,19+,20+/m1/s1. The number of aliphatic carboxylic acids is 2. The Hall–Kier alpha value is -1.91. The van der Waals surface area contributed by atoms with Crippen LogP contribution in [0.2, 0.25) is 0 Å². The molecule has 5 nitrogen and oxygen atoms in total. The van der Waals surface area contributed by atoms with Crippen molar-refractivity contribution in [3.8, 4) is 0 Å². The highest BCUT2D eigenvalue weighted by Gasteiger charge is 2.54. The first-order chi connectivity index (χ1) is 11.5. The number of allylic oxidation sites excluding steroid dienone is 2. The Morgan fingerprint density at radius 1 is 1.32 bits per heavy atom. The van der Waals surface area contributed by atoms with E-state index in [1.807, 2.05) is 6.92 Å². The number of carbonyl (C=O) groups is 3. The van der Waals surface area contributed by atoms with E-state index >= 15 is 0 Å². The molecule has 0 bridgehead atoms. The predicted octanol–water partition coefficient (Wildman–Crippen LogP) is 3.84. The number of hydrogen-bond acceptors (Lipinski definition) is 3. The van der Waals surface area contributed by atoms with Crippen molar-refractivity contribution in [1.29, 1.82) is 0 Å². The van der Waals surface area contributed by atoms with E-state index in [0.717, 1.165) is 24.5 Å². The summed E-state index contributed by atoms with van der Waals surface area (Å²) in [5.41, 5.74) is 0.786. The minimum Gasteiger partial charge on any atom is -0.478 e. The van der Waals surface area contributed by atoms with Gasteiger partial charge in [-0.15, -0.1) is 0 Å². The van der Waals surface area contributed by atoms with E-state index in [1.165, 1.54) is 0 Å². The van der Waals surface area contributed by atoms with Gasteiger partial charge in [-0.2, -0.15) is 0 Å². The molecule has 1 fully saturated rings. The Bertz CT molecular complexity index is 659. The molecule has 2 aliphatic rings. The lowest BCUT2D eigenvalue weighted by Crippen LogP contribution is -2.51. The third kappa shape index (κ3) is 3.55. The van der Waals surface area contributed by atoms with Gasteiger partial charge in [0.15, 0.2) is 5.78 Å². The molecular formula is C20H28O5. The molecule has 4 atom stereocenters. The van der Waals surface area contributed by atoms with Gasteiger partial charge in [-0.25, -0.2) is 9.59 Å². The normalized spacial score (nSPS) is 35.8. The molecule has 1 saturated carbocycles. The predicted molar refractivity (Wildman–Crippen MR) is 94.1 cm³/mol. The van der Waals surface area contributed by atoms with Gasteiger partial charge in [0.25, 0.3) is 0 Å². The van der Waals surface area contributed by atoms with E-state index in [-0.39, 0.29) is 34.5 Å². The highest BCUT2D eigenvalue weighted by atomic mass is 16.4. The highest BCUT2D eigenvalue weighted by molar-refractivity contribution is 5.94. The Balaban J connectivity index is 2.33. The molecule has 0 aliphatic heterocycles. The van der Waals surface area contributed by atoms with Gasteiger partial charge >= 0.3 is 11.9 Å². The molecule has 0 heterocycles. The molecule has 0 spiro atoms. The van der Waals surface area contributed by atoms with Crippen LogP contribution >= 0.6 is 0 Å². The summed E-state index contributed by atoms with van der Waals surface area (Å²) in [5.74, 6) is -1.78. The lowest BCUT2D eigenvalue weighted by atomic mass is 9.47. The van der Waals surface area contributed by atoms with Crippen molar-refractivity contribution >= 4 is 17.7 Å². The van der Waals surface area contributed by atoms with Gasteiger partial charge in [0.05, 0.1) is 0 Å². The van der Waals surface area contributed by atoms with Crippen molar-refractivity contribution in [2.75, 3.05) is 0 Å². The molecule has 0 aromatic rings. The number of carbonyl (C=O) groups excluding carboxylic acids is 1. The topological polar surface area (TPSA) is 91.7 Å². The average Bonchev–Trinajstić information content (AvgIpc) is 2.50. The zero-order valence-corrected chi connectivity index (χ0v) is 15.5. The lowest BCUT2D eigenvalue weighted by Gasteiger charge is -2.57. The van der Waals surface area contributed by atoms with Gasteiger partial charge in [-0.05, 0) is 61.3 Å².